The van der Waals surface area contributed by atoms with Crippen molar-refractivity contribution in [1.29, 1.82) is 0 Å². The summed E-state index contributed by atoms with van der Waals surface area (Å²) < 4.78 is 44.8. The van der Waals surface area contributed by atoms with Gasteiger partial charge < -0.3 is 10.1 Å². The predicted molar refractivity (Wildman–Crippen MR) is 121 cm³/mol. The molecule has 2 aliphatic rings. The van der Waals surface area contributed by atoms with E-state index in [0.29, 0.717) is 11.3 Å². The first kappa shape index (κ1) is 23.7. The molecule has 178 valence electrons. The smallest absolute Gasteiger partial charge is 0.379 e. The van der Waals surface area contributed by atoms with Gasteiger partial charge in [0, 0.05) is 37.4 Å². The maximum Gasteiger partial charge on any atom is 0.416 e. The summed E-state index contributed by atoms with van der Waals surface area (Å²) in [5, 5.41) is 2.93. The maximum absolute atomic E-state index is 13.1. The molecular formula is C25H30F3N3O2. The topological polar surface area (TPSA) is 44.8 Å². The highest BCUT2D eigenvalue weighted by Gasteiger charge is 2.35. The van der Waals surface area contributed by atoms with Gasteiger partial charge in [0.05, 0.1) is 25.3 Å². The van der Waals surface area contributed by atoms with Crippen LogP contribution in [0.3, 0.4) is 0 Å². The quantitative estimate of drug-likeness (QED) is 0.619. The van der Waals surface area contributed by atoms with Gasteiger partial charge in [-0.3, -0.25) is 14.6 Å². The average Bonchev–Trinajstić information content (AvgIpc) is 3.64. The van der Waals surface area contributed by atoms with Gasteiger partial charge in [0.2, 0.25) is 5.91 Å². The van der Waals surface area contributed by atoms with E-state index in [4.69, 9.17) is 4.74 Å². The number of amides is 1. The van der Waals surface area contributed by atoms with E-state index in [1.165, 1.54) is 17.7 Å². The van der Waals surface area contributed by atoms with Crippen LogP contribution in [-0.2, 0) is 22.3 Å². The van der Waals surface area contributed by atoms with Crippen molar-refractivity contribution in [3.8, 4) is 0 Å². The first-order chi connectivity index (χ1) is 15.8. The van der Waals surface area contributed by atoms with Crippen LogP contribution in [0, 0.1) is 0 Å². The van der Waals surface area contributed by atoms with Crippen molar-refractivity contribution in [3.05, 3.63) is 65.2 Å². The van der Waals surface area contributed by atoms with Crippen LogP contribution in [0.5, 0.6) is 0 Å². The lowest BCUT2D eigenvalue weighted by atomic mass is 10.0. The van der Waals surface area contributed by atoms with E-state index in [2.05, 4.69) is 10.2 Å². The van der Waals surface area contributed by atoms with Gasteiger partial charge in [0.1, 0.15) is 0 Å². The number of benzene rings is 2. The zero-order valence-corrected chi connectivity index (χ0v) is 18.8. The second-order valence-corrected chi connectivity index (χ2v) is 8.84. The van der Waals surface area contributed by atoms with Crippen molar-refractivity contribution in [1.82, 2.24) is 9.80 Å². The van der Waals surface area contributed by atoms with Gasteiger partial charge in [-0.15, -0.1) is 0 Å². The molecule has 4 rings (SSSR count). The second-order valence-electron chi connectivity index (χ2n) is 8.84. The summed E-state index contributed by atoms with van der Waals surface area (Å²) in [5.41, 5.74) is 1.79. The zero-order valence-electron chi connectivity index (χ0n) is 18.8. The molecular weight excluding hydrogens is 431 g/mol. The number of halogens is 3. The number of nitrogens with one attached hydrogen (secondary N) is 1. The van der Waals surface area contributed by atoms with Crippen LogP contribution in [0.25, 0.3) is 0 Å². The molecule has 0 spiro atoms. The molecule has 2 aromatic rings. The number of ether oxygens (including phenoxy) is 1. The van der Waals surface area contributed by atoms with Gasteiger partial charge >= 0.3 is 6.18 Å². The number of alkyl halides is 3. The van der Waals surface area contributed by atoms with Crippen LogP contribution in [-0.4, -0.2) is 54.6 Å². The van der Waals surface area contributed by atoms with Crippen LogP contribution in [0.2, 0.25) is 0 Å². The van der Waals surface area contributed by atoms with Crippen molar-refractivity contribution in [2.45, 2.75) is 44.6 Å². The number of anilines is 1. The monoisotopic (exact) mass is 461 g/mol. The number of rotatable bonds is 8. The highest BCUT2D eigenvalue weighted by molar-refractivity contribution is 5.92. The van der Waals surface area contributed by atoms with Crippen molar-refractivity contribution < 1.29 is 22.7 Å². The molecule has 1 aliphatic heterocycles. The molecule has 1 heterocycles. The van der Waals surface area contributed by atoms with Gasteiger partial charge in [-0.2, -0.15) is 13.2 Å². The van der Waals surface area contributed by atoms with Gasteiger partial charge in [-0.25, -0.2) is 0 Å². The summed E-state index contributed by atoms with van der Waals surface area (Å²) in [6, 6.07) is 13.1. The van der Waals surface area contributed by atoms with Crippen molar-refractivity contribution in [3.63, 3.8) is 0 Å². The molecule has 2 aromatic carbocycles. The fraction of sp³-hybridized carbons (Fsp3) is 0.480. The van der Waals surface area contributed by atoms with Gasteiger partial charge in [-0.1, -0.05) is 24.3 Å². The molecule has 1 saturated heterocycles. The Balaban J connectivity index is 1.36. The highest BCUT2D eigenvalue weighted by Crippen LogP contribution is 2.36. The lowest BCUT2D eigenvalue weighted by Gasteiger charge is -2.29. The summed E-state index contributed by atoms with van der Waals surface area (Å²) in [5.74, 6) is -0.165. The lowest BCUT2D eigenvalue weighted by molar-refractivity contribution is -0.137. The molecule has 0 aromatic heterocycles. The molecule has 1 amide bonds. The third kappa shape index (κ3) is 6.56. The lowest BCUT2D eigenvalue weighted by Crippen LogP contribution is -2.37. The van der Waals surface area contributed by atoms with Crippen LogP contribution < -0.4 is 5.32 Å². The summed E-state index contributed by atoms with van der Waals surface area (Å²) >= 11 is 0. The predicted octanol–water partition coefficient (Wildman–Crippen LogP) is 4.70. The van der Waals surface area contributed by atoms with Gasteiger partial charge in [-0.05, 0) is 55.2 Å². The minimum atomic E-state index is -4.38. The number of hydrogen-bond donors (Lipinski definition) is 1. The Labute approximate surface area is 192 Å². The molecule has 8 heteroatoms. The largest absolute Gasteiger partial charge is 0.416 e. The second kappa shape index (κ2) is 10.2. The number of morpholine rings is 1. The molecule has 1 N–H and O–H groups in total. The molecule has 1 atom stereocenters. The molecule has 0 bridgehead atoms. The first-order valence-corrected chi connectivity index (χ1v) is 11.4. The molecule has 1 aliphatic carbocycles. The minimum Gasteiger partial charge on any atom is -0.379 e. The molecule has 33 heavy (non-hydrogen) atoms. The Morgan fingerprint density at radius 3 is 2.48 bits per heavy atom. The molecule has 1 saturated carbocycles. The molecule has 2 fully saturated rings. The molecule has 5 nitrogen and oxygen atoms in total. The fourth-order valence-electron chi connectivity index (χ4n) is 4.23. The molecule has 0 radical (unpaired) electrons. The fourth-order valence-corrected chi connectivity index (χ4v) is 4.23. The van der Waals surface area contributed by atoms with Crippen LogP contribution in [0.15, 0.2) is 48.5 Å². The number of carbonyl (C=O) groups is 1. The van der Waals surface area contributed by atoms with E-state index in [1.807, 2.05) is 36.1 Å². The van der Waals surface area contributed by atoms with E-state index >= 15 is 0 Å². The Morgan fingerprint density at radius 1 is 1.15 bits per heavy atom. The van der Waals surface area contributed by atoms with Crippen molar-refractivity contribution in [2.24, 2.45) is 0 Å². The standard InChI is InChI=1S/C25H30F3N3O2/c1-18(20-3-2-4-21(15-20)25(26,27)28)31(23-9-10-23)17-24(32)29-22-7-5-19(6-8-22)16-30-11-13-33-14-12-30/h2-8,15,18,23H,9-14,16-17H2,1H3,(H,29,32). The third-order valence-electron chi connectivity index (χ3n) is 6.28. The average molecular weight is 462 g/mol. The zero-order chi connectivity index (χ0) is 23.4. The van der Waals surface area contributed by atoms with Crippen molar-refractivity contribution in [2.75, 3.05) is 38.2 Å². The van der Waals surface area contributed by atoms with Crippen molar-refractivity contribution >= 4 is 11.6 Å². The Hall–Kier alpha value is -2.42. The van der Waals surface area contributed by atoms with E-state index in [9.17, 15) is 18.0 Å². The Bertz CT molecular complexity index is 939. The highest BCUT2D eigenvalue weighted by atomic mass is 19.4. The Morgan fingerprint density at radius 2 is 1.85 bits per heavy atom. The van der Waals surface area contributed by atoms with Gasteiger partial charge in [0.15, 0.2) is 0 Å². The number of hydrogen-bond acceptors (Lipinski definition) is 4. The van der Waals surface area contributed by atoms with Crippen LogP contribution >= 0.6 is 0 Å². The maximum atomic E-state index is 13.1. The normalized spacial score (nSPS) is 18.3. The Kier molecular flexibility index (Phi) is 7.36. The minimum absolute atomic E-state index is 0.137. The van der Waals surface area contributed by atoms with E-state index in [-0.39, 0.29) is 24.5 Å². The van der Waals surface area contributed by atoms with Gasteiger partial charge in [0.25, 0.3) is 0 Å². The van der Waals surface area contributed by atoms with E-state index < -0.39 is 11.7 Å². The van der Waals surface area contributed by atoms with E-state index in [1.54, 1.807) is 6.07 Å². The van der Waals surface area contributed by atoms with Crippen LogP contribution in [0.1, 0.15) is 42.5 Å². The molecule has 1 unspecified atom stereocenters. The summed E-state index contributed by atoms with van der Waals surface area (Å²) in [4.78, 5) is 17.1. The summed E-state index contributed by atoms with van der Waals surface area (Å²) in [7, 11) is 0. The third-order valence-corrected chi connectivity index (χ3v) is 6.28. The number of nitrogens with zero attached hydrogens (tertiary/aromatic N) is 2. The number of carbonyl (C=O) groups excluding carboxylic acids is 1. The van der Waals surface area contributed by atoms with Crippen LogP contribution in [0.4, 0.5) is 18.9 Å². The first-order valence-electron chi connectivity index (χ1n) is 11.4. The summed E-state index contributed by atoms with van der Waals surface area (Å²) in [6.45, 7) is 6.19. The summed E-state index contributed by atoms with van der Waals surface area (Å²) in [6.07, 6.45) is -2.48. The van der Waals surface area contributed by atoms with E-state index in [0.717, 1.165) is 51.8 Å². The SMILES string of the molecule is CC(c1cccc(C(F)(F)F)c1)N(CC(=O)Nc1ccc(CN2CCOCC2)cc1)C1CC1.